The van der Waals surface area contributed by atoms with Crippen LogP contribution in [0.15, 0.2) is 47.3 Å². The van der Waals surface area contributed by atoms with Gasteiger partial charge >= 0.3 is 0 Å². The van der Waals surface area contributed by atoms with E-state index in [2.05, 4.69) is 22.1 Å². The number of piperazine rings is 1. The molecule has 1 saturated heterocycles. The largest absolute Gasteiger partial charge is 0.368 e. The minimum Gasteiger partial charge on any atom is -0.368 e. The predicted molar refractivity (Wildman–Crippen MR) is 97.9 cm³/mol. The molecule has 1 fully saturated rings. The second kappa shape index (κ2) is 7.51. The van der Waals surface area contributed by atoms with E-state index in [4.69, 9.17) is 0 Å². The summed E-state index contributed by atoms with van der Waals surface area (Å²) >= 11 is 0. The summed E-state index contributed by atoms with van der Waals surface area (Å²) in [5.74, 6) is 0.190. The van der Waals surface area contributed by atoms with Crippen molar-refractivity contribution in [2.75, 3.05) is 31.1 Å². The Morgan fingerprint density at radius 3 is 2.36 bits per heavy atom. The quantitative estimate of drug-likeness (QED) is 0.852. The molecule has 0 aliphatic carbocycles. The maximum absolute atomic E-state index is 12.7. The lowest BCUT2D eigenvalue weighted by atomic mass is 10.2. The first kappa shape index (κ1) is 17.2. The normalized spacial score (nSPS) is 14.8. The molecular formula is C19H24N4O2. The van der Waals surface area contributed by atoms with Crippen LogP contribution in [0.3, 0.4) is 0 Å². The van der Waals surface area contributed by atoms with Crippen LogP contribution < -0.4 is 10.5 Å². The van der Waals surface area contributed by atoms with E-state index in [1.165, 1.54) is 22.5 Å². The van der Waals surface area contributed by atoms with Gasteiger partial charge < -0.3 is 9.80 Å². The van der Waals surface area contributed by atoms with E-state index in [0.717, 1.165) is 13.1 Å². The van der Waals surface area contributed by atoms with Crippen molar-refractivity contribution in [3.05, 3.63) is 58.5 Å². The van der Waals surface area contributed by atoms with E-state index in [1.807, 2.05) is 36.9 Å². The van der Waals surface area contributed by atoms with Crippen LogP contribution in [-0.4, -0.2) is 46.8 Å². The van der Waals surface area contributed by atoms with Gasteiger partial charge in [-0.15, -0.1) is 0 Å². The highest BCUT2D eigenvalue weighted by Gasteiger charge is 2.23. The maximum atomic E-state index is 12.7. The van der Waals surface area contributed by atoms with Crippen LogP contribution in [-0.2, 0) is 6.54 Å². The molecule has 132 valence electrons. The minimum atomic E-state index is -0.167. The monoisotopic (exact) mass is 340 g/mol. The molecule has 0 radical (unpaired) electrons. The van der Waals surface area contributed by atoms with Gasteiger partial charge in [0.1, 0.15) is 5.69 Å². The summed E-state index contributed by atoms with van der Waals surface area (Å²) in [6, 6.07) is 13.2. The van der Waals surface area contributed by atoms with Gasteiger partial charge in [0.2, 0.25) is 0 Å². The molecule has 0 bridgehead atoms. The molecule has 0 saturated carbocycles. The molecule has 6 nitrogen and oxygen atoms in total. The van der Waals surface area contributed by atoms with Gasteiger partial charge in [-0.25, -0.2) is 4.68 Å². The zero-order chi connectivity index (χ0) is 17.8. The van der Waals surface area contributed by atoms with E-state index in [1.54, 1.807) is 0 Å². The SMILES string of the molecule is CC(C)Cn1nc(C(=O)N2CCN(c3ccccc3)CC2)ccc1=O. The first-order valence-electron chi connectivity index (χ1n) is 8.72. The Labute approximate surface area is 147 Å². The zero-order valence-electron chi connectivity index (χ0n) is 14.8. The first-order chi connectivity index (χ1) is 12.0. The molecule has 1 aliphatic heterocycles. The van der Waals surface area contributed by atoms with Gasteiger partial charge in [0, 0.05) is 44.5 Å². The fourth-order valence-corrected chi connectivity index (χ4v) is 3.01. The Morgan fingerprint density at radius 1 is 1.04 bits per heavy atom. The predicted octanol–water partition coefficient (Wildman–Crippen LogP) is 1.86. The third kappa shape index (κ3) is 4.07. The molecule has 0 N–H and O–H groups in total. The van der Waals surface area contributed by atoms with Crippen LogP contribution in [0, 0.1) is 5.92 Å². The molecule has 1 amide bonds. The second-order valence-corrected chi connectivity index (χ2v) is 6.75. The van der Waals surface area contributed by atoms with Gasteiger partial charge in [0.25, 0.3) is 11.5 Å². The number of anilines is 1. The van der Waals surface area contributed by atoms with Crippen LogP contribution >= 0.6 is 0 Å². The molecule has 0 unspecified atom stereocenters. The highest BCUT2D eigenvalue weighted by molar-refractivity contribution is 5.92. The lowest BCUT2D eigenvalue weighted by Crippen LogP contribution is -2.49. The summed E-state index contributed by atoms with van der Waals surface area (Å²) in [4.78, 5) is 28.7. The van der Waals surface area contributed by atoms with Gasteiger partial charge in [0.05, 0.1) is 0 Å². The van der Waals surface area contributed by atoms with Crippen molar-refractivity contribution in [1.82, 2.24) is 14.7 Å². The fraction of sp³-hybridized carbons (Fsp3) is 0.421. The summed E-state index contributed by atoms with van der Waals surface area (Å²) in [6.07, 6.45) is 0. The first-order valence-corrected chi connectivity index (χ1v) is 8.72. The van der Waals surface area contributed by atoms with Crippen molar-refractivity contribution in [3.63, 3.8) is 0 Å². The standard InChI is InChI=1S/C19H24N4O2/c1-15(2)14-23-18(24)9-8-17(20-23)19(25)22-12-10-21(11-13-22)16-6-4-3-5-7-16/h3-9,15H,10-14H2,1-2H3. The number of rotatable bonds is 4. The third-order valence-electron chi connectivity index (χ3n) is 4.31. The van der Waals surface area contributed by atoms with Gasteiger partial charge in [-0.3, -0.25) is 9.59 Å². The summed E-state index contributed by atoms with van der Waals surface area (Å²) < 4.78 is 1.39. The Kier molecular flexibility index (Phi) is 5.16. The van der Waals surface area contributed by atoms with Crippen molar-refractivity contribution in [3.8, 4) is 0 Å². The number of hydrogen-bond donors (Lipinski definition) is 0. The number of nitrogens with zero attached hydrogens (tertiary/aromatic N) is 4. The lowest BCUT2D eigenvalue weighted by molar-refractivity contribution is 0.0737. The molecule has 1 aliphatic rings. The zero-order valence-corrected chi connectivity index (χ0v) is 14.8. The smallest absolute Gasteiger partial charge is 0.274 e. The number of carbonyl (C=O) groups is 1. The molecular weight excluding hydrogens is 316 g/mol. The van der Waals surface area contributed by atoms with E-state index in [0.29, 0.717) is 31.2 Å². The third-order valence-corrected chi connectivity index (χ3v) is 4.31. The van der Waals surface area contributed by atoms with Gasteiger partial charge in [0.15, 0.2) is 0 Å². The van der Waals surface area contributed by atoms with Gasteiger partial charge in [-0.2, -0.15) is 5.10 Å². The topological polar surface area (TPSA) is 58.4 Å². The Morgan fingerprint density at radius 2 is 1.72 bits per heavy atom. The molecule has 1 aromatic carbocycles. The summed E-state index contributed by atoms with van der Waals surface area (Å²) in [7, 11) is 0. The number of amides is 1. The number of carbonyl (C=O) groups excluding carboxylic acids is 1. The lowest BCUT2D eigenvalue weighted by Gasteiger charge is -2.36. The van der Waals surface area contributed by atoms with Crippen LogP contribution in [0.2, 0.25) is 0 Å². The summed E-state index contributed by atoms with van der Waals surface area (Å²) in [6.45, 7) is 7.44. The number of para-hydroxylation sites is 1. The second-order valence-electron chi connectivity index (χ2n) is 6.75. The van der Waals surface area contributed by atoms with Crippen molar-refractivity contribution in [2.45, 2.75) is 20.4 Å². The van der Waals surface area contributed by atoms with Gasteiger partial charge in [-0.1, -0.05) is 32.0 Å². The summed E-state index contributed by atoms with van der Waals surface area (Å²) in [5.41, 5.74) is 1.35. The highest BCUT2D eigenvalue weighted by Crippen LogP contribution is 2.16. The Hall–Kier alpha value is -2.63. The van der Waals surface area contributed by atoms with Gasteiger partial charge in [-0.05, 0) is 24.1 Å². The molecule has 0 atom stereocenters. The molecule has 3 rings (SSSR count). The fourth-order valence-electron chi connectivity index (χ4n) is 3.01. The Balaban J connectivity index is 1.67. The van der Waals surface area contributed by atoms with Crippen LogP contribution in [0.1, 0.15) is 24.3 Å². The van der Waals surface area contributed by atoms with Crippen LogP contribution in [0.5, 0.6) is 0 Å². The summed E-state index contributed by atoms with van der Waals surface area (Å²) in [5, 5.41) is 4.26. The van der Waals surface area contributed by atoms with Crippen molar-refractivity contribution >= 4 is 11.6 Å². The molecule has 2 heterocycles. The maximum Gasteiger partial charge on any atom is 0.274 e. The average Bonchev–Trinajstić information content (AvgIpc) is 2.63. The minimum absolute atomic E-state index is 0.106. The van der Waals surface area contributed by atoms with Crippen molar-refractivity contribution in [1.29, 1.82) is 0 Å². The van der Waals surface area contributed by atoms with Crippen molar-refractivity contribution in [2.24, 2.45) is 5.92 Å². The molecule has 1 aromatic heterocycles. The number of hydrogen-bond acceptors (Lipinski definition) is 4. The molecule has 2 aromatic rings. The van der Waals surface area contributed by atoms with E-state index in [-0.39, 0.29) is 11.5 Å². The number of benzene rings is 1. The molecule has 6 heteroatoms. The van der Waals surface area contributed by atoms with E-state index < -0.39 is 0 Å². The average molecular weight is 340 g/mol. The van der Waals surface area contributed by atoms with E-state index >= 15 is 0 Å². The Bertz CT molecular complexity index is 778. The molecule has 0 spiro atoms. The van der Waals surface area contributed by atoms with Crippen LogP contribution in [0.4, 0.5) is 5.69 Å². The van der Waals surface area contributed by atoms with Crippen LogP contribution in [0.25, 0.3) is 0 Å². The molecule has 25 heavy (non-hydrogen) atoms. The highest BCUT2D eigenvalue weighted by atomic mass is 16.2. The van der Waals surface area contributed by atoms with Crippen molar-refractivity contribution < 1.29 is 4.79 Å². The van der Waals surface area contributed by atoms with E-state index in [9.17, 15) is 9.59 Å². The number of aromatic nitrogens is 2.